The zero-order valence-corrected chi connectivity index (χ0v) is 19.4. The summed E-state index contributed by atoms with van der Waals surface area (Å²) in [6, 6.07) is 0. The largest absolute Gasteiger partial charge is 0.443 e. The second-order valence-electron chi connectivity index (χ2n) is 10.8. The third-order valence-corrected chi connectivity index (χ3v) is 8.35. The van der Waals surface area contributed by atoms with Gasteiger partial charge in [0.1, 0.15) is 23.4 Å². The lowest BCUT2D eigenvalue weighted by Gasteiger charge is -2.52. The molecule has 174 valence electrons. The highest BCUT2D eigenvalue weighted by atomic mass is 16.6. The van der Waals surface area contributed by atoms with E-state index in [1.807, 2.05) is 4.90 Å². The second-order valence-corrected chi connectivity index (χ2v) is 10.8. The van der Waals surface area contributed by atoms with E-state index in [0.29, 0.717) is 0 Å². The van der Waals surface area contributed by atoms with E-state index in [4.69, 9.17) is 23.7 Å². The first kappa shape index (κ1) is 21.7. The third-order valence-electron chi connectivity index (χ3n) is 8.35. The average Bonchev–Trinajstić information content (AvgIpc) is 3.64. The van der Waals surface area contributed by atoms with Crippen molar-refractivity contribution in [3.8, 4) is 0 Å². The van der Waals surface area contributed by atoms with E-state index in [0.717, 1.165) is 65.0 Å². The normalized spacial score (nSPS) is 42.8. The molecule has 0 aromatic rings. The second kappa shape index (κ2) is 7.72. The summed E-state index contributed by atoms with van der Waals surface area (Å²) < 4.78 is 29.8. The Morgan fingerprint density at radius 3 is 2.52 bits per heavy atom. The van der Waals surface area contributed by atoms with Crippen molar-refractivity contribution in [1.29, 1.82) is 0 Å². The van der Waals surface area contributed by atoms with Gasteiger partial charge >= 0.3 is 6.09 Å². The van der Waals surface area contributed by atoms with Gasteiger partial charge in [0.05, 0.1) is 18.6 Å². The number of allylic oxidation sites excluding steroid dienone is 1. The Bertz CT molecular complexity index is 730. The Kier molecular flexibility index (Phi) is 5.40. The van der Waals surface area contributed by atoms with Crippen LogP contribution in [0.5, 0.6) is 0 Å². The quantitative estimate of drug-likeness (QED) is 0.487. The molecule has 4 aliphatic heterocycles. The fourth-order valence-electron chi connectivity index (χ4n) is 6.29. The van der Waals surface area contributed by atoms with Crippen LogP contribution in [-0.2, 0) is 23.7 Å². The first-order valence-corrected chi connectivity index (χ1v) is 11.8. The molecule has 6 atom stereocenters. The number of hydrogen-bond donors (Lipinski definition) is 0. The Labute approximate surface area is 185 Å². The Hall–Kier alpha value is -1.15. The highest BCUT2D eigenvalue weighted by Gasteiger charge is 2.72. The molecule has 5 rings (SSSR count). The van der Waals surface area contributed by atoms with Gasteiger partial charge in [-0.2, -0.15) is 0 Å². The number of rotatable bonds is 5. The van der Waals surface area contributed by atoms with Gasteiger partial charge < -0.3 is 28.6 Å². The summed E-state index contributed by atoms with van der Waals surface area (Å²) in [7, 11) is 1.72. The van der Waals surface area contributed by atoms with Gasteiger partial charge in [0, 0.05) is 38.8 Å². The molecule has 0 bridgehead atoms. The summed E-state index contributed by atoms with van der Waals surface area (Å²) in [6.07, 6.45) is 6.29. The van der Waals surface area contributed by atoms with E-state index < -0.39 is 0 Å². The van der Waals surface area contributed by atoms with Gasteiger partial charge in [-0.1, -0.05) is 11.6 Å². The van der Waals surface area contributed by atoms with Crippen LogP contribution in [0.3, 0.4) is 0 Å². The minimum Gasteiger partial charge on any atom is -0.443 e. The van der Waals surface area contributed by atoms with Crippen LogP contribution in [0.2, 0.25) is 0 Å². The van der Waals surface area contributed by atoms with Gasteiger partial charge in [0.25, 0.3) is 0 Å². The number of methoxy groups -OCH3 is 1. The van der Waals surface area contributed by atoms with Crippen molar-refractivity contribution < 1.29 is 28.5 Å². The van der Waals surface area contributed by atoms with Crippen LogP contribution in [-0.4, -0.2) is 80.5 Å². The average molecular weight is 436 g/mol. The molecule has 0 aromatic carbocycles. The van der Waals surface area contributed by atoms with Gasteiger partial charge in [0.15, 0.2) is 0 Å². The molecule has 7 heteroatoms. The highest BCUT2D eigenvalue weighted by molar-refractivity contribution is 5.69. The molecule has 0 radical (unpaired) electrons. The molecule has 2 spiro atoms. The zero-order valence-electron chi connectivity index (χ0n) is 19.4. The predicted molar refractivity (Wildman–Crippen MR) is 114 cm³/mol. The first-order valence-electron chi connectivity index (χ1n) is 11.8. The van der Waals surface area contributed by atoms with Crippen LogP contribution in [0.15, 0.2) is 11.6 Å². The van der Waals surface area contributed by atoms with Gasteiger partial charge in [-0.3, -0.25) is 0 Å². The van der Waals surface area contributed by atoms with Gasteiger partial charge in [-0.25, -0.2) is 4.79 Å². The van der Waals surface area contributed by atoms with Crippen molar-refractivity contribution >= 4 is 6.09 Å². The summed E-state index contributed by atoms with van der Waals surface area (Å²) >= 11 is 0. The van der Waals surface area contributed by atoms with E-state index in [2.05, 4.69) is 26.8 Å². The lowest BCUT2D eigenvalue weighted by molar-refractivity contribution is -0.132. The number of hydrogen-bond acceptors (Lipinski definition) is 6. The molecule has 5 aliphatic rings. The fourth-order valence-corrected chi connectivity index (χ4v) is 6.29. The van der Waals surface area contributed by atoms with E-state index in [-0.39, 0.29) is 46.9 Å². The van der Waals surface area contributed by atoms with Crippen molar-refractivity contribution in [3.63, 3.8) is 0 Å². The van der Waals surface area contributed by atoms with Crippen LogP contribution in [0.4, 0.5) is 4.79 Å². The van der Waals surface area contributed by atoms with Crippen molar-refractivity contribution in [1.82, 2.24) is 4.90 Å². The minimum absolute atomic E-state index is 0.0605. The molecule has 7 nitrogen and oxygen atoms in total. The van der Waals surface area contributed by atoms with Crippen LogP contribution in [0.25, 0.3) is 0 Å². The van der Waals surface area contributed by atoms with Crippen LogP contribution >= 0.6 is 0 Å². The molecular formula is C24H37NO6. The molecule has 31 heavy (non-hydrogen) atoms. The number of amides is 1. The number of likely N-dealkylation sites (tertiary alicyclic amines) is 1. The number of epoxide rings is 2. The maximum absolute atomic E-state index is 12.9. The van der Waals surface area contributed by atoms with E-state index in [1.165, 1.54) is 5.57 Å². The number of carbonyl (C=O) groups is 1. The van der Waals surface area contributed by atoms with Gasteiger partial charge in [0.2, 0.25) is 0 Å². The fraction of sp³-hybridized carbons (Fsp3) is 0.875. The highest BCUT2D eigenvalue weighted by Crippen LogP contribution is 2.59. The van der Waals surface area contributed by atoms with Crippen molar-refractivity contribution in [2.24, 2.45) is 11.3 Å². The molecule has 1 aliphatic carbocycles. The molecular weight excluding hydrogens is 398 g/mol. The standard InChI is InChI=1S/C24H37NO6/c1-16(2)5-6-18-22(3,31-18)20-19(27-4)17(7-8-24(20)15-29-24)30-21(26)25-13-23(14-25)9-11-28-12-10-23/h5,17-20H,6-15H2,1-4H3/t17?,18-,19?,20?,22+,24?/m1/s1. The lowest BCUT2D eigenvalue weighted by atomic mass is 9.68. The Morgan fingerprint density at radius 2 is 1.90 bits per heavy atom. The van der Waals surface area contributed by atoms with Gasteiger partial charge in [-0.05, 0) is 52.9 Å². The number of carbonyl (C=O) groups excluding carboxylic acids is 1. The van der Waals surface area contributed by atoms with E-state index in [9.17, 15) is 4.79 Å². The topological polar surface area (TPSA) is 73.1 Å². The number of ether oxygens (including phenoxy) is 5. The van der Waals surface area contributed by atoms with Crippen LogP contribution in [0.1, 0.15) is 52.9 Å². The Balaban J connectivity index is 1.24. The zero-order chi connectivity index (χ0) is 21.9. The summed E-state index contributed by atoms with van der Waals surface area (Å²) in [5.41, 5.74) is 1.04. The molecule has 5 fully saturated rings. The molecule has 4 heterocycles. The summed E-state index contributed by atoms with van der Waals surface area (Å²) in [5, 5.41) is 0. The van der Waals surface area contributed by atoms with Crippen LogP contribution < -0.4 is 0 Å². The molecule has 1 amide bonds. The molecule has 4 saturated heterocycles. The molecule has 0 aromatic heterocycles. The van der Waals surface area contributed by atoms with Crippen molar-refractivity contribution in [2.75, 3.05) is 40.0 Å². The maximum atomic E-state index is 12.9. The molecule has 0 N–H and O–H groups in total. The summed E-state index contributed by atoms with van der Waals surface area (Å²) in [6.45, 7) is 10.3. The monoisotopic (exact) mass is 435 g/mol. The Morgan fingerprint density at radius 1 is 1.19 bits per heavy atom. The number of nitrogens with zero attached hydrogens (tertiary/aromatic N) is 1. The van der Waals surface area contributed by atoms with E-state index in [1.54, 1.807) is 7.11 Å². The van der Waals surface area contributed by atoms with Gasteiger partial charge in [-0.15, -0.1) is 0 Å². The first-order chi connectivity index (χ1) is 14.8. The summed E-state index contributed by atoms with van der Waals surface area (Å²) in [5.74, 6) is 0.0605. The lowest BCUT2D eigenvalue weighted by Crippen LogP contribution is -2.62. The van der Waals surface area contributed by atoms with E-state index >= 15 is 0 Å². The van der Waals surface area contributed by atoms with Crippen molar-refractivity contribution in [2.45, 2.75) is 82.4 Å². The predicted octanol–water partition coefficient (Wildman–Crippen LogP) is 3.31. The minimum atomic E-state index is -0.308. The van der Waals surface area contributed by atoms with Crippen molar-refractivity contribution in [3.05, 3.63) is 11.6 Å². The van der Waals surface area contributed by atoms with Crippen LogP contribution in [0, 0.1) is 11.3 Å². The SMILES string of the molecule is COC1C(OC(=O)N2CC3(CCOCC3)C2)CCC2(CO2)C1[C@@]1(C)O[C@@H]1CC=C(C)C. The summed E-state index contributed by atoms with van der Waals surface area (Å²) in [4.78, 5) is 14.8. The molecule has 1 saturated carbocycles. The smallest absolute Gasteiger partial charge is 0.410 e. The maximum Gasteiger partial charge on any atom is 0.410 e. The third kappa shape index (κ3) is 3.81. The molecule has 4 unspecified atom stereocenters.